The van der Waals surface area contributed by atoms with Gasteiger partial charge < -0.3 is 14.8 Å². The fraction of sp³-hybridized carbons (Fsp3) is 0.200. The predicted octanol–water partition coefficient (Wildman–Crippen LogP) is 4.09. The zero-order valence-corrected chi connectivity index (χ0v) is 16.9. The Hall–Kier alpha value is -2.87. The Morgan fingerprint density at radius 2 is 2.00 bits per heavy atom. The van der Waals surface area contributed by atoms with Crippen molar-refractivity contribution in [3.8, 4) is 11.5 Å². The molecule has 0 spiro atoms. The third-order valence-corrected chi connectivity index (χ3v) is 4.76. The van der Waals surface area contributed by atoms with Crippen LogP contribution in [0, 0.1) is 5.82 Å². The van der Waals surface area contributed by atoms with Crippen molar-refractivity contribution >= 4 is 33.9 Å². The molecule has 8 heteroatoms. The van der Waals surface area contributed by atoms with Crippen LogP contribution in [0.4, 0.5) is 9.18 Å². The second-order valence-electron chi connectivity index (χ2n) is 5.95. The molecule has 0 saturated carbocycles. The molecule has 1 aliphatic heterocycles. The Kier molecular flexibility index (Phi) is 5.99. The monoisotopic (exact) mass is 448 g/mol. The fourth-order valence-electron chi connectivity index (χ4n) is 2.75. The van der Waals surface area contributed by atoms with Gasteiger partial charge in [0.05, 0.1) is 11.6 Å². The number of halogens is 2. The summed E-state index contributed by atoms with van der Waals surface area (Å²) in [5.41, 5.74) is 1.23. The minimum absolute atomic E-state index is 0.0298. The Morgan fingerprint density at radius 3 is 2.64 bits per heavy atom. The van der Waals surface area contributed by atoms with E-state index in [2.05, 4.69) is 21.2 Å². The van der Waals surface area contributed by atoms with E-state index in [0.717, 1.165) is 4.90 Å². The first-order valence-corrected chi connectivity index (χ1v) is 9.32. The molecule has 2 aromatic carbocycles. The van der Waals surface area contributed by atoms with E-state index in [9.17, 15) is 14.0 Å². The highest BCUT2D eigenvalue weighted by Crippen LogP contribution is 2.38. The molecule has 0 bridgehead atoms. The topological polar surface area (TPSA) is 67.9 Å². The van der Waals surface area contributed by atoms with Crippen LogP contribution in [0.5, 0.6) is 11.5 Å². The fourth-order valence-corrected chi connectivity index (χ4v) is 3.33. The van der Waals surface area contributed by atoms with E-state index in [0.29, 0.717) is 27.1 Å². The molecule has 0 radical (unpaired) electrons. The van der Waals surface area contributed by atoms with Crippen molar-refractivity contribution in [3.05, 3.63) is 63.5 Å². The first kappa shape index (κ1) is 19.9. The van der Waals surface area contributed by atoms with Crippen molar-refractivity contribution in [2.24, 2.45) is 0 Å². The van der Waals surface area contributed by atoms with Crippen LogP contribution in [0.25, 0.3) is 6.08 Å². The molecule has 0 aliphatic carbocycles. The third-order valence-electron chi connectivity index (χ3n) is 4.17. The van der Waals surface area contributed by atoms with E-state index in [1.165, 1.54) is 13.2 Å². The molecule has 0 unspecified atom stereocenters. The van der Waals surface area contributed by atoms with Gasteiger partial charge in [0.15, 0.2) is 11.5 Å². The van der Waals surface area contributed by atoms with Crippen LogP contribution in [0.15, 0.2) is 46.6 Å². The predicted molar refractivity (Wildman–Crippen MR) is 105 cm³/mol. The number of amides is 3. The average molecular weight is 449 g/mol. The maximum absolute atomic E-state index is 13.8. The third kappa shape index (κ3) is 4.01. The number of hydrogen-bond acceptors (Lipinski definition) is 4. The van der Waals surface area contributed by atoms with Gasteiger partial charge in [-0.3, -0.25) is 9.69 Å². The van der Waals surface area contributed by atoms with E-state index in [-0.39, 0.29) is 30.6 Å². The van der Waals surface area contributed by atoms with E-state index in [4.69, 9.17) is 9.47 Å². The molecule has 6 nitrogen and oxygen atoms in total. The number of likely N-dealkylation sites (N-methyl/N-ethyl adjacent to an activating group) is 1. The van der Waals surface area contributed by atoms with Crippen molar-refractivity contribution in [1.29, 1.82) is 0 Å². The second kappa shape index (κ2) is 8.43. The summed E-state index contributed by atoms with van der Waals surface area (Å²) in [4.78, 5) is 25.1. The Morgan fingerprint density at radius 1 is 1.25 bits per heavy atom. The van der Waals surface area contributed by atoms with Gasteiger partial charge in [-0.2, -0.15) is 0 Å². The number of methoxy groups -OCH3 is 1. The smallest absolute Gasteiger partial charge is 0.328 e. The Balaban J connectivity index is 1.86. The van der Waals surface area contributed by atoms with Crippen molar-refractivity contribution < 1.29 is 23.5 Å². The minimum Gasteiger partial charge on any atom is -0.493 e. The normalized spacial score (nSPS) is 15.1. The number of ether oxygens (including phenoxy) is 2. The van der Waals surface area contributed by atoms with Crippen LogP contribution in [0.2, 0.25) is 0 Å². The highest BCUT2D eigenvalue weighted by molar-refractivity contribution is 9.10. The molecular weight excluding hydrogens is 431 g/mol. The minimum atomic E-state index is -0.449. The summed E-state index contributed by atoms with van der Waals surface area (Å²) in [6.07, 6.45) is 1.56. The Bertz CT molecular complexity index is 961. The molecule has 1 N–H and O–H groups in total. The van der Waals surface area contributed by atoms with Gasteiger partial charge in [0, 0.05) is 12.1 Å². The quantitative estimate of drug-likeness (QED) is 0.533. The lowest BCUT2D eigenvalue weighted by Crippen LogP contribution is -2.30. The SMILES string of the molecule is CCN1C(=O)N/C(=C/c2cc(Br)c(OCc3ccccc3F)c(OC)c2)C1=O. The van der Waals surface area contributed by atoms with Crippen molar-refractivity contribution in [3.63, 3.8) is 0 Å². The summed E-state index contributed by atoms with van der Waals surface area (Å²) in [5.74, 6) is 0.0731. The molecule has 0 atom stereocenters. The van der Waals surface area contributed by atoms with Crippen molar-refractivity contribution in [2.75, 3.05) is 13.7 Å². The highest BCUT2D eigenvalue weighted by atomic mass is 79.9. The van der Waals surface area contributed by atoms with Gasteiger partial charge in [-0.1, -0.05) is 18.2 Å². The number of benzene rings is 2. The molecule has 1 saturated heterocycles. The zero-order chi connectivity index (χ0) is 20.3. The Labute approximate surface area is 170 Å². The summed E-state index contributed by atoms with van der Waals surface area (Å²) in [6, 6.07) is 9.29. The first-order valence-electron chi connectivity index (χ1n) is 8.52. The molecule has 28 heavy (non-hydrogen) atoms. The van der Waals surface area contributed by atoms with Gasteiger partial charge in [-0.15, -0.1) is 0 Å². The summed E-state index contributed by atoms with van der Waals surface area (Å²) in [5, 5.41) is 2.55. The second-order valence-corrected chi connectivity index (χ2v) is 6.81. The molecule has 2 aromatic rings. The van der Waals surface area contributed by atoms with Crippen LogP contribution in [0.3, 0.4) is 0 Å². The number of imide groups is 1. The number of nitrogens with one attached hydrogen (secondary N) is 1. The molecule has 0 aromatic heterocycles. The number of hydrogen-bond donors (Lipinski definition) is 1. The van der Waals surface area contributed by atoms with Gasteiger partial charge >= 0.3 is 6.03 Å². The zero-order valence-electron chi connectivity index (χ0n) is 15.3. The maximum Gasteiger partial charge on any atom is 0.328 e. The van der Waals surface area contributed by atoms with Crippen LogP contribution in [-0.4, -0.2) is 30.5 Å². The number of carbonyl (C=O) groups is 2. The standard InChI is InChI=1S/C20H18BrFN2O4/c1-3-24-19(25)16(23-20(24)26)9-12-8-14(21)18(17(10-12)27-2)28-11-13-6-4-5-7-15(13)22/h4-10H,3,11H2,1-2H3,(H,23,26)/b16-9+. The van der Waals surface area contributed by atoms with Gasteiger partial charge in [-0.25, -0.2) is 9.18 Å². The van der Waals surface area contributed by atoms with Crippen LogP contribution in [-0.2, 0) is 11.4 Å². The molecule has 1 heterocycles. The number of rotatable bonds is 6. The molecule has 3 amide bonds. The molecular formula is C20H18BrFN2O4. The molecule has 1 aliphatic rings. The average Bonchev–Trinajstić information content (AvgIpc) is 2.94. The van der Waals surface area contributed by atoms with E-state index >= 15 is 0 Å². The number of carbonyl (C=O) groups excluding carboxylic acids is 2. The van der Waals surface area contributed by atoms with Crippen LogP contribution in [0.1, 0.15) is 18.1 Å². The van der Waals surface area contributed by atoms with Crippen LogP contribution < -0.4 is 14.8 Å². The highest BCUT2D eigenvalue weighted by Gasteiger charge is 2.32. The van der Waals surface area contributed by atoms with Gasteiger partial charge in [0.2, 0.25) is 0 Å². The molecule has 146 valence electrons. The largest absolute Gasteiger partial charge is 0.493 e. The molecule has 3 rings (SSSR count). The lowest BCUT2D eigenvalue weighted by Gasteiger charge is -2.14. The van der Waals surface area contributed by atoms with Gasteiger partial charge in [0.1, 0.15) is 18.1 Å². The van der Waals surface area contributed by atoms with E-state index < -0.39 is 6.03 Å². The summed E-state index contributed by atoms with van der Waals surface area (Å²) < 4.78 is 25.5. The van der Waals surface area contributed by atoms with Crippen LogP contribution >= 0.6 is 15.9 Å². The van der Waals surface area contributed by atoms with Crippen molar-refractivity contribution in [1.82, 2.24) is 10.2 Å². The summed E-state index contributed by atoms with van der Waals surface area (Å²) >= 11 is 3.42. The number of urea groups is 1. The maximum atomic E-state index is 13.8. The molecule has 1 fully saturated rings. The lowest BCUT2D eigenvalue weighted by molar-refractivity contribution is -0.122. The van der Waals surface area contributed by atoms with E-state index in [1.54, 1.807) is 43.3 Å². The summed E-state index contributed by atoms with van der Waals surface area (Å²) in [6.45, 7) is 2.04. The van der Waals surface area contributed by atoms with Gasteiger partial charge in [0.25, 0.3) is 5.91 Å². The first-order chi connectivity index (χ1) is 13.4. The van der Waals surface area contributed by atoms with Gasteiger partial charge in [-0.05, 0) is 52.7 Å². The lowest BCUT2D eigenvalue weighted by atomic mass is 10.1. The van der Waals surface area contributed by atoms with E-state index in [1.807, 2.05) is 0 Å². The summed E-state index contributed by atoms with van der Waals surface area (Å²) in [7, 11) is 1.48. The van der Waals surface area contributed by atoms with Crippen molar-refractivity contribution in [2.45, 2.75) is 13.5 Å². The number of nitrogens with zero attached hydrogens (tertiary/aromatic N) is 1.